The molecule has 5 N–H and O–H groups in total. The minimum Gasteiger partial charge on any atom is -0.484 e. The van der Waals surface area contributed by atoms with Gasteiger partial charge in [-0.2, -0.15) is 15.6 Å². The Bertz CT molecular complexity index is 1660. The van der Waals surface area contributed by atoms with E-state index in [1.165, 1.54) is 87.0 Å². The van der Waals surface area contributed by atoms with Gasteiger partial charge in [0.2, 0.25) is 5.60 Å². The molecule has 4 heterocycles. The summed E-state index contributed by atoms with van der Waals surface area (Å²) in [4.78, 5) is 18.4. The molecule has 0 amide bonds. The fourth-order valence-electron chi connectivity index (χ4n) is 5.95. The van der Waals surface area contributed by atoms with Gasteiger partial charge >= 0.3 is 7.82 Å². The van der Waals surface area contributed by atoms with Gasteiger partial charge < -0.3 is 35.1 Å². The molecule has 16 nitrogen and oxygen atoms in total. The lowest BCUT2D eigenvalue weighted by Gasteiger charge is -2.26. The molecule has 1 fully saturated rings. The predicted molar refractivity (Wildman–Crippen MR) is 189 cm³/mol. The van der Waals surface area contributed by atoms with Gasteiger partial charge in [-0.25, -0.2) is 19.0 Å². The number of hydrogen-bond acceptors (Lipinski definition) is 14. The number of pyridine rings is 1. The van der Waals surface area contributed by atoms with Gasteiger partial charge in [-0.1, -0.05) is 77.6 Å². The largest absolute Gasteiger partial charge is 0.484 e. The van der Waals surface area contributed by atoms with Crippen LogP contribution in [0, 0.1) is 22.7 Å². The van der Waals surface area contributed by atoms with Crippen molar-refractivity contribution in [2.75, 3.05) is 32.2 Å². The molecule has 6 atom stereocenters. The molecule has 1 saturated heterocycles. The van der Waals surface area contributed by atoms with Gasteiger partial charge in [-0.3, -0.25) is 9.05 Å². The van der Waals surface area contributed by atoms with Gasteiger partial charge in [0.25, 0.3) is 0 Å². The second kappa shape index (κ2) is 20.5. The first-order valence-corrected chi connectivity index (χ1v) is 19.4. The van der Waals surface area contributed by atoms with E-state index in [-0.39, 0.29) is 29.6 Å². The van der Waals surface area contributed by atoms with Crippen molar-refractivity contribution in [1.29, 1.82) is 10.5 Å². The quantitative estimate of drug-likeness (QED) is 0.0702. The van der Waals surface area contributed by atoms with E-state index >= 15 is 0 Å². The molecule has 0 spiro atoms. The highest BCUT2D eigenvalue weighted by atomic mass is 31.2. The van der Waals surface area contributed by atoms with E-state index in [1.807, 2.05) is 6.07 Å². The average Bonchev–Trinajstić information content (AvgIpc) is 3.69. The predicted octanol–water partition coefficient (Wildman–Crippen LogP) is 4.93. The summed E-state index contributed by atoms with van der Waals surface area (Å²) >= 11 is 0. The van der Waals surface area contributed by atoms with Crippen LogP contribution in [0.3, 0.4) is 0 Å². The van der Waals surface area contributed by atoms with Crippen molar-refractivity contribution < 1.29 is 42.9 Å². The summed E-state index contributed by atoms with van der Waals surface area (Å²) in [5, 5.41) is 44.8. The number of aromatic nitrogens is 4. The summed E-state index contributed by atoms with van der Waals surface area (Å²) in [6.07, 6.45) is 11.5. The first kappa shape index (κ1) is 41.1. The highest BCUT2D eigenvalue weighted by Crippen LogP contribution is 2.47. The third-order valence-electron chi connectivity index (χ3n) is 8.91. The van der Waals surface area contributed by atoms with Crippen LogP contribution in [0.15, 0.2) is 36.8 Å². The Hall–Kier alpha value is -3.70. The van der Waals surface area contributed by atoms with E-state index in [4.69, 9.17) is 34.3 Å². The molecular weight excluding hydrogens is 693 g/mol. The summed E-state index contributed by atoms with van der Waals surface area (Å²) in [7, 11) is -4.88. The molecule has 52 heavy (non-hydrogen) atoms. The number of nitrogen functional groups attached to an aromatic ring is 1. The van der Waals surface area contributed by atoms with Gasteiger partial charge in [0.1, 0.15) is 66.4 Å². The van der Waals surface area contributed by atoms with E-state index in [0.717, 1.165) is 19.3 Å². The molecule has 0 aromatic carbocycles. The van der Waals surface area contributed by atoms with Crippen LogP contribution in [0.4, 0.5) is 5.82 Å². The Labute approximate surface area is 304 Å². The number of unbranched alkanes of at least 4 members (excludes halogenated alkanes) is 11. The Balaban J connectivity index is 1.26. The number of fused-ring (bicyclic) bond motifs is 1. The Morgan fingerprint density at radius 3 is 2.31 bits per heavy atom. The normalized spacial score (nSPS) is 21.8. The number of phosphoric ester groups is 1. The van der Waals surface area contributed by atoms with Crippen LogP contribution in [0.1, 0.15) is 101 Å². The van der Waals surface area contributed by atoms with Gasteiger partial charge in [-0.05, 0) is 30.7 Å². The number of nitrogens with two attached hydrogens (primary N) is 1. The number of ether oxygens (including phenoxy) is 3. The monoisotopic (exact) mass is 743 g/mol. The Morgan fingerprint density at radius 1 is 0.981 bits per heavy atom. The zero-order chi connectivity index (χ0) is 37.4. The van der Waals surface area contributed by atoms with E-state index in [0.29, 0.717) is 12.1 Å². The van der Waals surface area contributed by atoms with Crippen molar-refractivity contribution in [2.45, 2.75) is 114 Å². The molecular formula is C35H50N7O9P. The molecule has 1 unspecified atom stereocenters. The third-order valence-corrected chi connectivity index (χ3v) is 9.84. The highest BCUT2D eigenvalue weighted by molar-refractivity contribution is 7.47. The molecule has 3 aromatic heterocycles. The summed E-state index contributed by atoms with van der Waals surface area (Å²) in [5.74, 6) is 0.445. The number of aliphatic hydroxyl groups is 2. The molecule has 284 valence electrons. The van der Waals surface area contributed by atoms with Crippen molar-refractivity contribution >= 4 is 19.2 Å². The number of rotatable bonds is 24. The van der Waals surface area contributed by atoms with Crippen molar-refractivity contribution in [3.8, 4) is 17.9 Å². The molecule has 0 aliphatic carbocycles. The van der Waals surface area contributed by atoms with Crippen LogP contribution in [0.25, 0.3) is 5.52 Å². The fraction of sp³-hybridized carbons (Fsp3) is 0.629. The van der Waals surface area contributed by atoms with E-state index in [9.17, 15) is 24.9 Å². The topological polar surface area (TPSA) is 241 Å². The van der Waals surface area contributed by atoms with Gasteiger partial charge in [0.15, 0.2) is 5.82 Å². The molecule has 17 heteroatoms. The summed E-state index contributed by atoms with van der Waals surface area (Å²) < 4.78 is 42.2. The van der Waals surface area contributed by atoms with Gasteiger partial charge in [0.05, 0.1) is 25.1 Å². The average molecular weight is 744 g/mol. The SMILES string of the molecule is CCCCCCCCCCCCCCOC[C@H](COP(=O)(O)OC[C@@]1(C#N)O[C@@H](c2ccc3c(N)ncnn23)[C@H](O)[C@@H]1O)Oc1ccc(C#N)nc1. The van der Waals surface area contributed by atoms with E-state index in [2.05, 4.69) is 22.0 Å². The minimum absolute atomic E-state index is 0.00913. The van der Waals surface area contributed by atoms with Crippen LogP contribution < -0.4 is 10.5 Å². The molecule has 1 aliphatic heterocycles. The molecule has 0 radical (unpaired) electrons. The van der Waals surface area contributed by atoms with E-state index < -0.39 is 51.1 Å². The number of nitriles is 2. The number of aliphatic hydroxyl groups excluding tert-OH is 2. The first-order valence-electron chi connectivity index (χ1n) is 17.9. The van der Waals surface area contributed by atoms with Crippen molar-refractivity contribution in [3.63, 3.8) is 0 Å². The number of hydrogen-bond donors (Lipinski definition) is 4. The standard InChI is InChI=1S/C35H50N7O9P/c1-2-3-4-5-6-7-8-9-10-11-12-13-18-47-21-28(50-27-15-14-26(19-36)39-20-27)22-48-52(45,46)49-24-35(23-37)33(44)31(43)32(51-35)29-16-17-30-34(38)40-25-41-42(29)30/h14-17,20,25,28,31-33,43-44H,2-13,18,21-22,24H2,1H3,(H,45,46)(H2,38,40,41)/t28-,31+,32+,33+,35-/m1/s1. The highest BCUT2D eigenvalue weighted by Gasteiger charge is 2.57. The minimum atomic E-state index is -4.88. The van der Waals surface area contributed by atoms with Crippen LogP contribution in [-0.4, -0.2) is 85.0 Å². The number of anilines is 1. The fourth-order valence-corrected chi connectivity index (χ4v) is 6.74. The maximum absolute atomic E-state index is 13.0. The van der Waals surface area contributed by atoms with Crippen LogP contribution in [0.2, 0.25) is 0 Å². The van der Waals surface area contributed by atoms with Crippen molar-refractivity contribution in [3.05, 3.63) is 48.2 Å². The van der Waals surface area contributed by atoms with Gasteiger partial charge in [-0.15, -0.1) is 0 Å². The Kier molecular flexibility index (Phi) is 16.2. The van der Waals surface area contributed by atoms with Crippen LogP contribution in [0.5, 0.6) is 5.75 Å². The third kappa shape index (κ3) is 11.7. The summed E-state index contributed by atoms with van der Waals surface area (Å²) in [5.41, 5.74) is 4.51. The lowest BCUT2D eigenvalue weighted by Crippen LogP contribution is -2.45. The van der Waals surface area contributed by atoms with Gasteiger partial charge in [0, 0.05) is 6.61 Å². The van der Waals surface area contributed by atoms with Crippen LogP contribution >= 0.6 is 7.82 Å². The van der Waals surface area contributed by atoms with E-state index in [1.54, 1.807) is 18.2 Å². The molecule has 4 rings (SSSR count). The maximum Gasteiger partial charge on any atom is 0.472 e. The smallest absolute Gasteiger partial charge is 0.472 e. The van der Waals surface area contributed by atoms with Crippen molar-refractivity contribution in [1.82, 2.24) is 19.6 Å². The first-order chi connectivity index (χ1) is 25.1. The molecule has 0 bridgehead atoms. The number of phosphoric acid groups is 1. The summed E-state index contributed by atoms with van der Waals surface area (Å²) in [6, 6.07) is 9.82. The lowest BCUT2D eigenvalue weighted by atomic mass is 9.96. The molecule has 3 aromatic rings. The summed E-state index contributed by atoms with van der Waals surface area (Å²) in [6.45, 7) is 1.31. The van der Waals surface area contributed by atoms with Crippen molar-refractivity contribution in [2.24, 2.45) is 0 Å². The number of nitrogens with zero attached hydrogens (tertiary/aromatic N) is 6. The Morgan fingerprint density at radius 2 is 1.67 bits per heavy atom. The maximum atomic E-state index is 13.0. The zero-order valence-corrected chi connectivity index (χ0v) is 30.5. The zero-order valence-electron chi connectivity index (χ0n) is 29.6. The lowest BCUT2D eigenvalue weighted by molar-refractivity contribution is -0.0755. The molecule has 1 aliphatic rings. The van der Waals surface area contributed by atoms with Crippen LogP contribution in [-0.2, 0) is 23.1 Å². The second-order valence-corrected chi connectivity index (χ2v) is 14.4. The molecule has 0 saturated carbocycles. The second-order valence-electron chi connectivity index (χ2n) is 12.9.